The van der Waals surface area contributed by atoms with Gasteiger partial charge in [0.05, 0.1) is 12.3 Å². The minimum atomic E-state index is -0.297. The van der Waals surface area contributed by atoms with Gasteiger partial charge in [-0.25, -0.2) is 0 Å². The van der Waals surface area contributed by atoms with Crippen LogP contribution in [0.4, 0.5) is 0 Å². The molecule has 1 aliphatic rings. The number of aryl methyl sites for hydroxylation is 2. The Kier molecular flexibility index (Phi) is 3.36. The van der Waals surface area contributed by atoms with Gasteiger partial charge in [0.25, 0.3) is 0 Å². The number of carbonyl (C=O) groups is 1. The van der Waals surface area contributed by atoms with E-state index in [1.807, 2.05) is 13.8 Å². The van der Waals surface area contributed by atoms with E-state index in [0.717, 1.165) is 36.4 Å². The van der Waals surface area contributed by atoms with Gasteiger partial charge in [0.2, 0.25) is 0 Å². The highest BCUT2D eigenvalue weighted by atomic mass is 16.5. The summed E-state index contributed by atoms with van der Waals surface area (Å²) in [6, 6.07) is 0. The molecule has 2 rings (SSSR count). The number of ether oxygens (including phenoxy) is 1. The normalized spacial score (nSPS) is 22.2. The maximum Gasteiger partial charge on any atom is 0.150 e. The summed E-state index contributed by atoms with van der Waals surface area (Å²) >= 11 is 0. The zero-order chi connectivity index (χ0) is 11.5. The fraction of sp³-hybridized carbons (Fsp3) is 0.636. The molecule has 0 aromatic carbocycles. The number of hydrogen-bond acceptors (Lipinski definition) is 5. The summed E-state index contributed by atoms with van der Waals surface area (Å²) in [5, 5.41) is 3.92. The molecule has 16 heavy (non-hydrogen) atoms. The van der Waals surface area contributed by atoms with Crippen LogP contribution in [0, 0.1) is 13.8 Å². The Morgan fingerprint density at radius 1 is 1.56 bits per heavy atom. The van der Waals surface area contributed by atoms with Gasteiger partial charge in [-0.05, 0) is 13.8 Å². The Bertz CT molecular complexity index is 356. The smallest absolute Gasteiger partial charge is 0.150 e. The summed E-state index contributed by atoms with van der Waals surface area (Å²) in [6.07, 6.45) is 0.564. The second-order valence-corrected chi connectivity index (χ2v) is 4.08. The maximum atomic E-state index is 10.7. The van der Waals surface area contributed by atoms with Crippen LogP contribution in [0.15, 0.2) is 4.52 Å². The van der Waals surface area contributed by atoms with Gasteiger partial charge in [0, 0.05) is 25.2 Å². The summed E-state index contributed by atoms with van der Waals surface area (Å²) in [6.45, 7) is 6.71. The first-order valence-electron chi connectivity index (χ1n) is 5.41. The van der Waals surface area contributed by atoms with Crippen LogP contribution in [0.1, 0.15) is 17.0 Å². The fourth-order valence-electron chi connectivity index (χ4n) is 1.91. The van der Waals surface area contributed by atoms with Gasteiger partial charge in [-0.3, -0.25) is 4.90 Å². The standard InChI is InChI=1S/C11H16N2O3/c1-8-11(9(2)16-12-8)6-13-3-4-15-10(5-13)7-14/h7,10H,3-6H2,1-2H3. The van der Waals surface area contributed by atoms with E-state index >= 15 is 0 Å². The topological polar surface area (TPSA) is 55.6 Å². The van der Waals surface area contributed by atoms with Crippen molar-refractivity contribution in [3.05, 3.63) is 17.0 Å². The lowest BCUT2D eigenvalue weighted by Gasteiger charge is -2.30. The van der Waals surface area contributed by atoms with Crippen molar-refractivity contribution in [3.63, 3.8) is 0 Å². The Balaban J connectivity index is 2.01. The molecular weight excluding hydrogens is 208 g/mol. The molecule has 0 bridgehead atoms. The highest BCUT2D eigenvalue weighted by Gasteiger charge is 2.21. The molecule has 0 radical (unpaired) electrons. The quantitative estimate of drug-likeness (QED) is 0.707. The number of rotatable bonds is 3. The van der Waals surface area contributed by atoms with E-state index in [4.69, 9.17) is 9.26 Å². The number of nitrogens with zero attached hydrogens (tertiary/aromatic N) is 2. The highest BCUT2D eigenvalue weighted by molar-refractivity contribution is 5.56. The Morgan fingerprint density at radius 2 is 2.38 bits per heavy atom. The Morgan fingerprint density at radius 3 is 3.00 bits per heavy atom. The summed E-state index contributed by atoms with van der Waals surface area (Å²) in [4.78, 5) is 12.8. The lowest BCUT2D eigenvalue weighted by atomic mass is 10.1. The molecular formula is C11H16N2O3. The van der Waals surface area contributed by atoms with Crippen LogP contribution < -0.4 is 0 Å². The first kappa shape index (κ1) is 11.3. The monoisotopic (exact) mass is 224 g/mol. The number of aldehydes is 1. The first-order chi connectivity index (χ1) is 7.70. The van der Waals surface area contributed by atoms with Crippen LogP contribution >= 0.6 is 0 Å². The van der Waals surface area contributed by atoms with E-state index in [-0.39, 0.29) is 6.10 Å². The minimum Gasteiger partial charge on any atom is -0.368 e. The average molecular weight is 224 g/mol. The molecule has 0 saturated carbocycles. The van der Waals surface area contributed by atoms with E-state index in [2.05, 4.69) is 10.1 Å². The first-order valence-corrected chi connectivity index (χ1v) is 5.41. The second kappa shape index (κ2) is 4.76. The van der Waals surface area contributed by atoms with Crippen molar-refractivity contribution in [1.29, 1.82) is 0 Å². The molecule has 0 N–H and O–H groups in total. The lowest BCUT2D eigenvalue weighted by molar-refractivity contribution is -0.123. The van der Waals surface area contributed by atoms with Gasteiger partial charge in [-0.15, -0.1) is 0 Å². The van der Waals surface area contributed by atoms with E-state index in [0.29, 0.717) is 13.2 Å². The van der Waals surface area contributed by atoms with Gasteiger partial charge in [-0.1, -0.05) is 5.16 Å². The SMILES string of the molecule is Cc1noc(C)c1CN1CCOC(C=O)C1. The molecule has 0 amide bonds. The third kappa shape index (κ3) is 2.31. The largest absolute Gasteiger partial charge is 0.368 e. The van der Waals surface area contributed by atoms with Gasteiger partial charge >= 0.3 is 0 Å². The third-order valence-electron chi connectivity index (χ3n) is 2.89. The predicted molar refractivity (Wildman–Crippen MR) is 57.1 cm³/mol. The van der Waals surface area contributed by atoms with E-state index in [1.54, 1.807) is 0 Å². The van der Waals surface area contributed by atoms with Gasteiger partial charge < -0.3 is 14.1 Å². The molecule has 5 nitrogen and oxygen atoms in total. The minimum absolute atomic E-state index is 0.297. The summed E-state index contributed by atoms with van der Waals surface area (Å²) in [5.74, 6) is 0.853. The van der Waals surface area contributed by atoms with Crippen LogP contribution in [0.25, 0.3) is 0 Å². The zero-order valence-corrected chi connectivity index (χ0v) is 9.60. The number of morpholine rings is 1. The summed E-state index contributed by atoms with van der Waals surface area (Å²) in [7, 11) is 0. The molecule has 1 aliphatic heterocycles. The van der Waals surface area contributed by atoms with Crippen molar-refractivity contribution in [2.24, 2.45) is 0 Å². The van der Waals surface area contributed by atoms with Crippen LogP contribution in [-0.4, -0.2) is 42.1 Å². The average Bonchev–Trinajstić information content (AvgIpc) is 2.61. The molecule has 1 atom stereocenters. The predicted octanol–water partition coefficient (Wildman–Crippen LogP) is 0.691. The van der Waals surface area contributed by atoms with Gasteiger partial charge in [-0.2, -0.15) is 0 Å². The van der Waals surface area contributed by atoms with Crippen molar-refractivity contribution in [2.75, 3.05) is 19.7 Å². The second-order valence-electron chi connectivity index (χ2n) is 4.08. The van der Waals surface area contributed by atoms with Crippen LogP contribution in [0.3, 0.4) is 0 Å². The van der Waals surface area contributed by atoms with Crippen molar-refractivity contribution in [2.45, 2.75) is 26.5 Å². The van der Waals surface area contributed by atoms with Crippen molar-refractivity contribution in [1.82, 2.24) is 10.1 Å². The lowest BCUT2D eigenvalue weighted by Crippen LogP contribution is -2.42. The van der Waals surface area contributed by atoms with Crippen molar-refractivity contribution < 1.29 is 14.1 Å². The van der Waals surface area contributed by atoms with E-state index in [1.165, 1.54) is 0 Å². The fourth-order valence-corrected chi connectivity index (χ4v) is 1.91. The molecule has 1 aromatic rings. The third-order valence-corrected chi connectivity index (χ3v) is 2.89. The maximum absolute atomic E-state index is 10.7. The summed E-state index contributed by atoms with van der Waals surface area (Å²) in [5.41, 5.74) is 2.04. The molecule has 1 unspecified atom stereocenters. The number of hydrogen-bond donors (Lipinski definition) is 0. The summed E-state index contributed by atoms with van der Waals surface area (Å²) < 4.78 is 10.4. The zero-order valence-electron chi connectivity index (χ0n) is 9.60. The van der Waals surface area contributed by atoms with Crippen LogP contribution in [0.2, 0.25) is 0 Å². The molecule has 88 valence electrons. The molecule has 5 heteroatoms. The van der Waals surface area contributed by atoms with E-state index in [9.17, 15) is 4.79 Å². The number of aromatic nitrogens is 1. The highest BCUT2D eigenvalue weighted by Crippen LogP contribution is 2.16. The Labute approximate surface area is 94.3 Å². The number of carbonyl (C=O) groups excluding carboxylic acids is 1. The molecule has 0 aliphatic carbocycles. The van der Waals surface area contributed by atoms with Crippen molar-refractivity contribution >= 4 is 6.29 Å². The molecule has 1 fully saturated rings. The van der Waals surface area contributed by atoms with Crippen molar-refractivity contribution in [3.8, 4) is 0 Å². The van der Waals surface area contributed by atoms with Gasteiger partial charge in [0.1, 0.15) is 18.2 Å². The van der Waals surface area contributed by atoms with E-state index < -0.39 is 0 Å². The molecule has 0 spiro atoms. The Hall–Kier alpha value is -1.20. The molecule has 1 saturated heterocycles. The van der Waals surface area contributed by atoms with Crippen LogP contribution in [-0.2, 0) is 16.1 Å². The van der Waals surface area contributed by atoms with Gasteiger partial charge in [0.15, 0.2) is 0 Å². The molecule has 2 heterocycles. The van der Waals surface area contributed by atoms with Crippen LogP contribution in [0.5, 0.6) is 0 Å². The molecule has 1 aromatic heterocycles.